The second-order valence-electron chi connectivity index (χ2n) is 4.73. The molecule has 2 aromatic carbocycles. The van der Waals surface area contributed by atoms with Gasteiger partial charge in [0.2, 0.25) is 0 Å². The van der Waals surface area contributed by atoms with E-state index < -0.39 is 0 Å². The summed E-state index contributed by atoms with van der Waals surface area (Å²) in [5.41, 5.74) is 4.85. The van der Waals surface area contributed by atoms with Gasteiger partial charge in [0.25, 0.3) is 0 Å². The molecule has 19 heavy (non-hydrogen) atoms. The number of halogens is 1. The van der Waals surface area contributed by atoms with Gasteiger partial charge in [-0.05, 0) is 42.3 Å². The number of aromatic amines is 1. The Hall–Kier alpha value is -1.74. The fraction of sp³-hybridized carbons (Fsp3) is 0.125. The molecule has 0 radical (unpaired) electrons. The van der Waals surface area contributed by atoms with Gasteiger partial charge in [0.1, 0.15) is 0 Å². The fourth-order valence-electron chi connectivity index (χ4n) is 2.31. The zero-order valence-corrected chi connectivity index (χ0v) is 12.3. The predicted molar refractivity (Wildman–Crippen MR) is 84.5 cm³/mol. The minimum Gasteiger partial charge on any atom is -0.381 e. The van der Waals surface area contributed by atoms with Crippen LogP contribution in [0, 0.1) is 6.92 Å². The molecule has 3 rings (SSSR count). The maximum atomic E-state index is 3.53. The molecular weight excluding hydrogens is 300 g/mol. The van der Waals surface area contributed by atoms with Crippen molar-refractivity contribution < 1.29 is 0 Å². The third kappa shape index (κ3) is 2.66. The number of para-hydroxylation sites is 1. The van der Waals surface area contributed by atoms with Gasteiger partial charge in [-0.3, -0.25) is 0 Å². The molecule has 0 bridgehead atoms. The molecule has 0 spiro atoms. The summed E-state index contributed by atoms with van der Waals surface area (Å²) in [6, 6.07) is 14.7. The van der Waals surface area contributed by atoms with Crippen LogP contribution in [0.2, 0.25) is 0 Å². The largest absolute Gasteiger partial charge is 0.381 e. The number of hydrogen-bond donors (Lipinski definition) is 2. The lowest BCUT2D eigenvalue weighted by Gasteiger charge is -2.07. The number of aromatic nitrogens is 1. The molecule has 0 aliphatic heterocycles. The highest BCUT2D eigenvalue weighted by molar-refractivity contribution is 9.10. The highest BCUT2D eigenvalue weighted by atomic mass is 79.9. The van der Waals surface area contributed by atoms with E-state index in [1.165, 1.54) is 22.0 Å². The lowest BCUT2D eigenvalue weighted by molar-refractivity contribution is 1.16. The van der Waals surface area contributed by atoms with E-state index in [0.717, 1.165) is 16.7 Å². The van der Waals surface area contributed by atoms with E-state index in [2.05, 4.69) is 75.7 Å². The first-order valence-electron chi connectivity index (χ1n) is 6.28. The van der Waals surface area contributed by atoms with Crippen molar-refractivity contribution in [2.45, 2.75) is 13.5 Å². The van der Waals surface area contributed by atoms with Crippen molar-refractivity contribution in [2.75, 3.05) is 5.32 Å². The average Bonchev–Trinajstić information content (AvgIpc) is 2.78. The molecule has 0 unspecified atom stereocenters. The molecule has 1 heterocycles. The lowest BCUT2D eigenvalue weighted by Crippen LogP contribution is -1.98. The van der Waals surface area contributed by atoms with Crippen molar-refractivity contribution in [3.05, 3.63) is 64.3 Å². The van der Waals surface area contributed by atoms with E-state index in [9.17, 15) is 0 Å². The van der Waals surface area contributed by atoms with Crippen LogP contribution in [0.5, 0.6) is 0 Å². The Morgan fingerprint density at radius 3 is 2.84 bits per heavy atom. The normalized spacial score (nSPS) is 10.8. The van der Waals surface area contributed by atoms with Gasteiger partial charge in [-0.15, -0.1) is 0 Å². The summed E-state index contributed by atoms with van der Waals surface area (Å²) in [6.07, 6.45) is 2.07. The molecule has 0 saturated heterocycles. The number of aryl methyl sites for hydroxylation is 1. The van der Waals surface area contributed by atoms with Crippen LogP contribution in [0.15, 0.2) is 53.1 Å². The van der Waals surface area contributed by atoms with Crippen LogP contribution in [0.25, 0.3) is 10.9 Å². The summed E-state index contributed by atoms with van der Waals surface area (Å²) < 4.78 is 1.11. The van der Waals surface area contributed by atoms with Crippen LogP contribution in [-0.4, -0.2) is 4.98 Å². The summed E-state index contributed by atoms with van der Waals surface area (Å²) in [7, 11) is 0. The van der Waals surface area contributed by atoms with Gasteiger partial charge in [0.05, 0.1) is 0 Å². The highest BCUT2D eigenvalue weighted by Crippen LogP contribution is 2.22. The van der Waals surface area contributed by atoms with Gasteiger partial charge in [-0.1, -0.05) is 34.1 Å². The molecule has 1 aromatic heterocycles. The molecule has 0 fully saturated rings. The Kier molecular flexibility index (Phi) is 3.30. The van der Waals surface area contributed by atoms with Gasteiger partial charge in [-0.25, -0.2) is 0 Å². The van der Waals surface area contributed by atoms with Gasteiger partial charge >= 0.3 is 0 Å². The summed E-state index contributed by atoms with van der Waals surface area (Å²) in [5, 5.41) is 4.75. The third-order valence-electron chi connectivity index (χ3n) is 3.20. The highest BCUT2D eigenvalue weighted by Gasteiger charge is 2.03. The summed E-state index contributed by atoms with van der Waals surface area (Å²) in [4.78, 5) is 3.30. The van der Waals surface area contributed by atoms with Crippen LogP contribution in [-0.2, 0) is 6.54 Å². The number of rotatable bonds is 3. The molecule has 0 amide bonds. The first kappa shape index (κ1) is 12.3. The molecule has 2 nitrogen and oxygen atoms in total. The van der Waals surface area contributed by atoms with Gasteiger partial charge in [0, 0.05) is 33.8 Å². The van der Waals surface area contributed by atoms with Crippen LogP contribution in [0.4, 0.5) is 5.69 Å². The number of anilines is 1. The van der Waals surface area contributed by atoms with Crippen molar-refractivity contribution in [3.8, 4) is 0 Å². The quantitative estimate of drug-likeness (QED) is 0.710. The maximum Gasteiger partial charge on any atom is 0.0457 e. The fourth-order valence-corrected chi connectivity index (χ4v) is 2.92. The topological polar surface area (TPSA) is 27.8 Å². The van der Waals surface area contributed by atoms with Crippen LogP contribution in [0.3, 0.4) is 0 Å². The molecule has 0 saturated carbocycles. The second-order valence-corrected chi connectivity index (χ2v) is 5.65. The number of benzene rings is 2. The Morgan fingerprint density at radius 2 is 2.00 bits per heavy atom. The standard InChI is InChI=1S/C16H15BrN2/c1-11-6-13(17)8-14(7-11)18-9-12-10-19-16-5-3-2-4-15(12)16/h2-8,10,18-19H,9H2,1H3. The van der Waals surface area contributed by atoms with Crippen molar-refractivity contribution in [3.63, 3.8) is 0 Å². The zero-order chi connectivity index (χ0) is 13.2. The molecule has 96 valence electrons. The molecule has 0 aliphatic carbocycles. The number of fused-ring (bicyclic) bond motifs is 1. The van der Waals surface area contributed by atoms with E-state index in [1.54, 1.807) is 0 Å². The van der Waals surface area contributed by atoms with E-state index in [1.807, 2.05) is 6.07 Å². The van der Waals surface area contributed by atoms with E-state index in [-0.39, 0.29) is 0 Å². The zero-order valence-electron chi connectivity index (χ0n) is 10.7. The summed E-state index contributed by atoms with van der Waals surface area (Å²) in [6.45, 7) is 2.92. The Morgan fingerprint density at radius 1 is 1.16 bits per heavy atom. The summed E-state index contributed by atoms with van der Waals surface area (Å²) in [5.74, 6) is 0. The van der Waals surface area contributed by atoms with E-state index in [0.29, 0.717) is 0 Å². The van der Waals surface area contributed by atoms with Crippen LogP contribution in [0.1, 0.15) is 11.1 Å². The van der Waals surface area contributed by atoms with E-state index in [4.69, 9.17) is 0 Å². The number of nitrogens with one attached hydrogen (secondary N) is 2. The maximum absolute atomic E-state index is 3.53. The second kappa shape index (κ2) is 5.10. The van der Waals surface area contributed by atoms with Gasteiger partial charge in [-0.2, -0.15) is 0 Å². The first-order chi connectivity index (χ1) is 9.22. The summed E-state index contributed by atoms with van der Waals surface area (Å²) >= 11 is 3.53. The molecule has 3 heteroatoms. The Labute approximate surface area is 121 Å². The molecule has 0 aliphatic rings. The average molecular weight is 315 g/mol. The minimum absolute atomic E-state index is 0.819. The van der Waals surface area contributed by atoms with Crippen LogP contribution < -0.4 is 5.32 Å². The number of H-pyrrole nitrogens is 1. The van der Waals surface area contributed by atoms with Crippen molar-refractivity contribution in [1.29, 1.82) is 0 Å². The lowest BCUT2D eigenvalue weighted by atomic mass is 10.1. The molecule has 0 atom stereocenters. The minimum atomic E-state index is 0.819. The number of hydrogen-bond acceptors (Lipinski definition) is 1. The third-order valence-corrected chi connectivity index (χ3v) is 3.66. The predicted octanol–water partition coefficient (Wildman–Crippen LogP) is 4.85. The molecular formula is C16H15BrN2. The molecule has 3 aromatic rings. The monoisotopic (exact) mass is 314 g/mol. The SMILES string of the molecule is Cc1cc(Br)cc(NCc2c[nH]c3ccccc23)c1. The Balaban J connectivity index is 1.82. The van der Waals surface area contributed by atoms with Crippen molar-refractivity contribution >= 4 is 32.5 Å². The van der Waals surface area contributed by atoms with Gasteiger partial charge in [0.15, 0.2) is 0 Å². The van der Waals surface area contributed by atoms with Crippen molar-refractivity contribution in [2.24, 2.45) is 0 Å². The molecule has 2 N–H and O–H groups in total. The van der Waals surface area contributed by atoms with E-state index >= 15 is 0 Å². The smallest absolute Gasteiger partial charge is 0.0457 e. The first-order valence-corrected chi connectivity index (χ1v) is 7.08. The van der Waals surface area contributed by atoms with Crippen LogP contribution >= 0.6 is 15.9 Å². The van der Waals surface area contributed by atoms with Crippen molar-refractivity contribution in [1.82, 2.24) is 4.98 Å². The van der Waals surface area contributed by atoms with Gasteiger partial charge < -0.3 is 10.3 Å². The Bertz CT molecular complexity index is 695.